The van der Waals surface area contributed by atoms with Gasteiger partial charge in [-0.25, -0.2) is 0 Å². The van der Waals surface area contributed by atoms with Gasteiger partial charge in [-0.15, -0.1) is 0 Å². The van der Waals surface area contributed by atoms with E-state index in [-0.39, 0.29) is 13.2 Å². The van der Waals surface area contributed by atoms with Crippen LogP contribution in [0.15, 0.2) is 30.3 Å². The van der Waals surface area contributed by atoms with E-state index in [1.165, 1.54) is 14.0 Å². The summed E-state index contributed by atoms with van der Waals surface area (Å²) in [5.41, 5.74) is 0.0763. The Balaban J connectivity index is 2.85. The van der Waals surface area contributed by atoms with Crippen molar-refractivity contribution in [1.29, 1.82) is 0 Å². The predicted molar refractivity (Wildman–Crippen MR) is 91.6 cm³/mol. The topological polar surface area (TPSA) is 78.9 Å². The lowest BCUT2D eigenvalue weighted by atomic mass is 9.90. The molecule has 1 aromatic carbocycles. The Morgan fingerprint density at radius 2 is 1.64 bits per heavy atom. The molecule has 2 atom stereocenters. The number of esters is 2. The van der Waals surface area contributed by atoms with Gasteiger partial charge in [0, 0.05) is 7.11 Å². The minimum Gasteiger partial charge on any atom is -0.460 e. The molecule has 1 rings (SSSR count). The summed E-state index contributed by atoms with van der Waals surface area (Å²) in [4.78, 5) is 37.0. The zero-order valence-electron chi connectivity index (χ0n) is 15.4. The summed E-state index contributed by atoms with van der Waals surface area (Å²) in [6.45, 7) is 6.39. The average Bonchev–Trinajstić information content (AvgIpc) is 2.52. The van der Waals surface area contributed by atoms with E-state index >= 15 is 0 Å². The second-order valence-corrected chi connectivity index (χ2v) is 6.79. The molecular weight excluding hydrogens is 324 g/mol. The summed E-state index contributed by atoms with van der Waals surface area (Å²) in [6.07, 6.45) is 0. The first-order valence-electron chi connectivity index (χ1n) is 8.10. The lowest BCUT2D eigenvalue weighted by molar-refractivity contribution is -0.170. The van der Waals surface area contributed by atoms with Gasteiger partial charge in [0.05, 0.1) is 5.92 Å². The molecule has 1 aromatic rings. The molecule has 0 N–H and O–H groups in total. The van der Waals surface area contributed by atoms with Crippen molar-refractivity contribution in [3.05, 3.63) is 35.9 Å². The third-order valence-corrected chi connectivity index (χ3v) is 3.39. The van der Waals surface area contributed by atoms with Gasteiger partial charge in [-0.05, 0) is 26.3 Å². The number of benzene rings is 1. The van der Waals surface area contributed by atoms with Gasteiger partial charge in [0.2, 0.25) is 0 Å². The van der Waals surface area contributed by atoms with Crippen LogP contribution in [0.4, 0.5) is 0 Å². The van der Waals surface area contributed by atoms with E-state index in [2.05, 4.69) is 0 Å². The molecule has 0 aliphatic heterocycles. The third kappa shape index (κ3) is 7.05. The first-order chi connectivity index (χ1) is 11.7. The molecule has 0 radical (unpaired) electrons. The van der Waals surface area contributed by atoms with E-state index in [9.17, 15) is 14.4 Å². The quantitative estimate of drug-likeness (QED) is 0.529. The van der Waals surface area contributed by atoms with E-state index in [1.807, 2.05) is 18.2 Å². The zero-order valence-corrected chi connectivity index (χ0v) is 15.4. The molecule has 6 nitrogen and oxygen atoms in total. The molecule has 0 aliphatic carbocycles. The molecule has 0 saturated carbocycles. The Bertz CT molecular complexity index is 588. The summed E-state index contributed by atoms with van der Waals surface area (Å²) in [7, 11) is 1.35. The Kier molecular flexibility index (Phi) is 7.77. The highest BCUT2D eigenvalue weighted by Gasteiger charge is 2.39. The Morgan fingerprint density at radius 3 is 2.16 bits per heavy atom. The third-order valence-electron chi connectivity index (χ3n) is 3.39. The molecule has 25 heavy (non-hydrogen) atoms. The number of hydrogen-bond donors (Lipinski definition) is 0. The number of ether oxygens (including phenoxy) is 3. The van der Waals surface area contributed by atoms with Crippen LogP contribution in [0, 0.1) is 11.8 Å². The molecule has 138 valence electrons. The van der Waals surface area contributed by atoms with Gasteiger partial charge in [0.1, 0.15) is 24.7 Å². The van der Waals surface area contributed by atoms with Crippen molar-refractivity contribution in [2.45, 2.75) is 39.9 Å². The highest BCUT2D eigenvalue weighted by Crippen LogP contribution is 2.21. The van der Waals surface area contributed by atoms with Crippen molar-refractivity contribution in [2.75, 3.05) is 13.7 Å². The lowest BCUT2D eigenvalue weighted by Crippen LogP contribution is -2.40. The van der Waals surface area contributed by atoms with E-state index in [0.29, 0.717) is 0 Å². The van der Waals surface area contributed by atoms with Crippen molar-refractivity contribution >= 4 is 17.7 Å². The van der Waals surface area contributed by atoms with E-state index in [0.717, 1.165) is 5.56 Å². The summed E-state index contributed by atoms with van der Waals surface area (Å²) in [6, 6.07) is 9.09. The standard InChI is InChI=1S/C19H26O6/c1-13(17(21)25-19(2,3)4)16(15(20)12-23-5)18(22)24-11-14-9-7-6-8-10-14/h6-10,13,16H,11-12H2,1-5H3. The average molecular weight is 350 g/mol. The molecule has 0 aromatic heterocycles. The molecule has 0 fully saturated rings. The maximum Gasteiger partial charge on any atom is 0.317 e. The summed E-state index contributed by atoms with van der Waals surface area (Å²) in [5, 5.41) is 0. The van der Waals surface area contributed by atoms with E-state index in [1.54, 1.807) is 32.9 Å². The molecule has 2 unspecified atom stereocenters. The maximum atomic E-state index is 12.4. The van der Waals surface area contributed by atoms with Gasteiger partial charge < -0.3 is 14.2 Å². The SMILES string of the molecule is COCC(=O)C(C(=O)OCc1ccccc1)C(C)C(=O)OC(C)(C)C. The predicted octanol–water partition coefficient (Wildman–Crippen LogP) is 2.54. The highest BCUT2D eigenvalue weighted by molar-refractivity contribution is 6.03. The molecule has 6 heteroatoms. The molecule has 0 heterocycles. The summed E-state index contributed by atoms with van der Waals surface area (Å²) < 4.78 is 15.3. The molecule has 0 bridgehead atoms. The van der Waals surface area contributed by atoms with Crippen LogP contribution in [0.3, 0.4) is 0 Å². The zero-order chi connectivity index (χ0) is 19.0. The van der Waals surface area contributed by atoms with Gasteiger partial charge in [-0.3, -0.25) is 14.4 Å². The number of Topliss-reactive ketones (excluding diaryl/α,β-unsaturated/α-hetero) is 1. The lowest BCUT2D eigenvalue weighted by Gasteiger charge is -2.25. The Morgan fingerprint density at radius 1 is 1.04 bits per heavy atom. The number of hydrogen-bond acceptors (Lipinski definition) is 6. The first-order valence-corrected chi connectivity index (χ1v) is 8.10. The monoisotopic (exact) mass is 350 g/mol. The molecule has 0 amide bonds. The number of ketones is 1. The van der Waals surface area contributed by atoms with E-state index < -0.39 is 35.2 Å². The summed E-state index contributed by atoms with van der Waals surface area (Å²) >= 11 is 0. The first kappa shape index (κ1) is 20.8. The van der Waals surface area contributed by atoms with Crippen LogP contribution in [0.25, 0.3) is 0 Å². The fraction of sp³-hybridized carbons (Fsp3) is 0.526. The van der Waals surface area contributed by atoms with Crippen LogP contribution in [-0.4, -0.2) is 37.0 Å². The van der Waals surface area contributed by atoms with Gasteiger partial charge >= 0.3 is 11.9 Å². The number of carbonyl (C=O) groups is 3. The van der Waals surface area contributed by atoms with Gasteiger partial charge in [0.25, 0.3) is 0 Å². The summed E-state index contributed by atoms with van der Waals surface area (Å²) in [5.74, 6) is -4.13. The minimum absolute atomic E-state index is 0.0253. The fourth-order valence-corrected chi connectivity index (χ4v) is 2.20. The van der Waals surface area contributed by atoms with Crippen molar-refractivity contribution in [3.8, 4) is 0 Å². The number of methoxy groups -OCH3 is 1. The second kappa shape index (κ2) is 9.32. The van der Waals surface area contributed by atoms with Crippen LogP contribution in [0.1, 0.15) is 33.3 Å². The van der Waals surface area contributed by atoms with Gasteiger partial charge in [0.15, 0.2) is 5.78 Å². The van der Waals surface area contributed by atoms with Crippen molar-refractivity contribution in [3.63, 3.8) is 0 Å². The maximum absolute atomic E-state index is 12.4. The number of rotatable bonds is 8. The van der Waals surface area contributed by atoms with Crippen LogP contribution in [-0.2, 0) is 35.2 Å². The van der Waals surface area contributed by atoms with Gasteiger partial charge in [-0.1, -0.05) is 37.3 Å². The largest absolute Gasteiger partial charge is 0.460 e. The van der Waals surface area contributed by atoms with Crippen LogP contribution < -0.4 is 0 Å². The highest BCUT2D eigenvalue weighted by atomic mass is 16.6. The van der Waals surface area contributed by atoms with Crippen LogP contribution in [0.2, 0.25) is 0 Å². The molecular formula is C19H26O6. The molecule has 0 aliphatic rings. The second-order valence-electron chi connectivity index (χ2n) is 6.79. The van der Waals surface area contributed by atoms with Crippen molar-refractivity contribution in [1.82, 2.24) is 0 Å². The fourth-order valence-electron chi connectivity index (χ4n) is 2.20. The van der Waals surface area contributed by atoms with Crippen LogP contribution >= 0.6 is 0 Å². The molecule has 0 spiro atoms. The van der Waals surface area contributed by atoms with Crippen molar-refractivity contribution in [2.24, 2.45) is 11.8 Å². The molecule has 0 saturated heterocycles. The minimum atomic E-state index is -1.27. The Labute approximate surface area is 148 Å². The van der Waals surface area contributed by atoms with Crippen LogP contribution in [0.5, 0.6) is 0 Å². The smallest absolute Gasteiger partial charge is 0.317 e. The number of carbonyl (C=O) groups excluding carboxylic acids is 3. The van der Waals surface area contributed by atoms with Crippen molar-refractivity contribution < 1.29 is 28.6 Å². The van der Waals surface area contributed by atoms with Gasteiger partial charge in [-0.2, -0.15) is 0 Å². The normalized spacial score (nSPS) is 13.6. The van der Waals surface area contributed by atoms with E-state index in [4.69, 9.17) is 14.2 Å². The Hall–Kier alpha value is -2.21.